The van der Waals surface area contributed by atoms with Crippen molar-refractivity contribution in [1.29, 1.82) is 0 Å². The Morgan fingerprint density at radius 3 is 1.27 bits per heavy atom. The standard InChI is InChI=1S/C25H18O5/c1-25(2,3)18-16-19(26)12-8-4-6-10-14(12)21(28)23(16)30-24-17(18)20(27)13-9-5-7-11-15(13)22(24)29/h4-11,18H,1-3H3. The zero-order valence-electron chi connectivity index (χ0n) is 16.7. The summed E-state index contributed by atoms with van der Waals surface area (Å²) < 4.78 is 5.82. The van der Waals surface area contributed by atoms with Crippen molar-refractivity contribution in [3.8, 4) is 0 Å². The summed E-state index contributed by atoms with van der Waals surface area (Å²) in [6.07, 6.45) is 0. The molecule has 0 saturated carbocycles. The Bertz CT molecular complexity index is 1170. The van der Waals surface area contributed by atoms with Crippen LogP contribution < -0.4 is 0 Å². The maximum atomic E-state index is 13.5. The Labute approximate surface area is 173 Å². The monoisotopic (exact) mass is 398 g/mol. The van der Waals surface area contributed by atoms with Gasteiger partial charge in [-0.15, -0.1) is 0 Å². The number of hydrogen-bond acceptors (Lipinski definition) is 5. The van der Waals surface area contributed by atoms with Crippen molar-refractivity contribution >= 4 is 23.1 Å². The van der Waals surface area contributed by atoms with Crippen LogP contribution in [0, 0.1) is 11.3 Å². The van der Waals surface area contributed by atoms with Gasteiger partial charge in [-0.3, -0.25) is 19.2 Å². The van der Waals surface area contributed by atoms with Crippen LogP contribution in [0.1, 0.15) is 62.2 Å². The van der Waals surface area contributed by atoms with Crippen molar-refractivity contribution in [3.05, 3.63) is 93.4 Å². The SMILES string of the molecule is CC(C)(C)C1C2=C(OC3=C1C(=O)c1ccccc1C3=O)C(=O)c1ccccc1C2=O. The predicted molar refractivity (Wildman–Crippen MR) is 108 cm³/mol. The van der Waals surface area contributed by atoms with Crippen molar-refractivity contribution in [1.82, 2.24) is 0 Å². The number of ketones is 4. The van der Waals surface area contributed by atoms with E-state index in [9.17, 15) is 19.2 Å². The van der Waals surface area contributed by atoms with Crippen molar-refractivity contribution < 1.29 is 23.9 Å². The van der Waals surface area contributed by atoms with Crippen LogP contribution in [-0.4, -0.2) is 23.1 Å². The lowest BCUT2D eigenvalue weighted by Crippen LogP contribution is -2.42. The second-order valence-electron chi connectivity index (χ2n) is 8.79. The molecule has 0 atom stereocenters. The molecule has 1 heterocycles. The fourth-order valence-corrected chi connectivity index (χ4v) is 4.58. The minimum absolute atomic E-state index is 0.141. The molecule has 2 aliphatic carbocycles. The highest BCUT2D eigenvalue weighted by Gasteiger charge is 2.51. The average molecular weight is 398 g/mol. The number of rotatable bonds is 0. The van der Waals surface area contributed by atoms with Gasteiger partial charge >= 0.3 is 0 Å². The van der Waals surface area contributed by atoms with E-state index in [-0.39, 0.29) is 56.5 Å². The second kappa shape index (κ2) is 5.95. The molecule has 5 heteroatoms. The summed E-state index contributed by atoms with van der Waals surface area (Å²) in [6, 6.07) is 13.1. The Hall–Kier alpha value is -3.60. The molecule has 5 nitrogen and oxygen atoms in total. The Morgan fingerprint density at radius 2 is 0.933 bits per heavy atom. The maximum absolute atomic E-state index is 13.5. The van der Waals surface area contributed by atoms with Crippen LogP contribution in [0.5, 0.6) is 0 Å². The number of carbonyl (C=O) groups excluding carboxylic acids is 4. The minimum Gasteiger partial charge on any atom is -0.448 e. The number of hydrogen-bond donors (Lipinski definition) is 0. The highest BCUT2D eigenvalue weighted by Crippen LogP contribution is 2.50. The molecule has 0 radical (unpaired) electrons. The first kappa shape index (κ1) is 18.4. The summed E-state index contributed by atoms with van der Waals surface area (Å²) in [6.45, 7) is 5.65. The molecule has 0 spiro atoms. The minimum atomic E-state index is -0.745. The van der Waals surface area contributed by atoms with Gasteiger partial charge in [-0.05, 0) is 5.41 Å². The van der Waals surface area contributed by atoms with Gasteiger partial charge < -0.3 is 4.74 Å². The molecule has 148 valence electrons. The van der Waals surface area contributed by atoms with Crippen LogP contribution in [0.25, 0.3) is 0 Å². The van der Waals surface area contributed by atoms with Crippen LogP contribution in [0.2, 0.25) is 0 Å². The van der Waals surface area contributed by atoms with Crippen LogP contribution >= 0.6 is 0 Å². The molecule has 0 amide bonds. The lowest BCUT2D eigenvalue weighted by Gasteiger charge is -2.41. The van der Waals surface area contributed by atoms with Gasteiger partial charge in [0.2, 0.25) is 11.6 Å². The highest BCUT2D eigenvalue weighted by molar-refractivity contribution is 6.31. The topological polar surface area (TPSA) is 77.5 Å². The van der Waals surface area contributed by atoms with Gasteiger partial charge in [0.05, 0.1) is 11.1 Å². The van der Waals surface area contributed by atoms with Gasteiger partial charge in [0.25, 0.3) is 0 Å². The molecule has 2 aromatic rings. The quantitative estimate of drug-likeness (QED) is 0.660. The van der Waals surface area contributed by atoms with E-state index in [1.54, 1.807) is 48.5 Å². The van der Waals surface area contributed by atoms with Crippen molar-refractivity contribution in [2.45, 2.75) is 20.8 Å². The number of fused-ring (bicyclic) bond motifs is 2. The third-order valence-corrected chi connectivity index (χ3v) is 5.87. The molecule has 0 saturated heterocycles. The number of allylic oxidation sites excluding steroid dienone is 4. The zero-order chi connectivity index (χ0) is 21.4. The van der Waals surface area contributed by atoms with E-state index in [1.807, 2.05) is 20.8 Å². The number of Topliss-reactive ketones (excluding diaryl/α,β-unsaturated/α-hetero) is 4. The predicted octanol–water partition coefficient (Wildman–Crippen LogP) is 4.35. The fraction of sp³-hybridized carbons (Fsp3) is 0.200. The van der Waals surface area contributed by atoms with Gasteiger partial charge in [0.15, 0.2) is 23.1 Å². The van der Waals surface area contributed by atoms with Crippen LogP contribution in [0.15, 0.2) is 71.2 Å². The molecule has 0 N–H and O–H groups in total. The number of carbonyl (C=O) groups is 4. The van der Waals surface area contributed by atoms with E-state index in [0.717, 1.165) is 0 Å². The summed E-state index contributed by atoms with van der Waals surface area (Å²) in [5, 5.41) is 0. The molecule has 0 unspecified atom stereocenters. The van der Waals surface area contributed by atoms with E-state index in [4.69, 9.17) is 4.74 Å². The molecule has 5 rings (SSSR count). The normalized spacial score (nSPS) is 18.6. The van der Waals surface area contributed by atoms with Crippen molar-refractivity contribution in [2.75, 3.05) is 0 Å². The maximum Gasteiger partial charge on any atom is 0.229 e. The molecular formula is C25H18O5. The summed E-state index contributed by atoms with van der Waals surface area (Å²) in [4.78, 5) is 53.4. The molecule has 0 bridgehead atoms. The van der Waals surface area contributed by atoms with Crippen LogP contribution in [0.3, 0.4) is 0 Å². The lowest BCUT2D eigenvalue weighted by atomic mass is 9.64. The molecule has 0 fully saturated rings. The van der Waals surface area contributed by atoms with Gasteiger partial charge in [0.1, 0.15) is 0 Å². The van der Waals surface area contributed by atoms with E-state index < -0.39 is 22.9 Å². The Morgan fingerprint density at radius 1 is 0.600 bits per heavy atom. The Kier molecular flexibility index (Phi) is 3.66. The third kappa shape index (κ3) is 2.29. The van der Waals surface area contributed by atoms with Gasteiger partial charge in [-0.1, -0.05) is 69.3 Å². The summed E-state index contributed by atoms with van der Waals surface area (Å²) in [5.41, 5.74) is 0.767. The summed E-state index contributed by atoms with van der Waals surface area (Å²) >= 11 is 0. The fourth-order valence-electron chi connectivity index (χ4n) is 4.58. The third-order valence-electron chi connectivity index (χ3n) is 5.87. The van der Waals surface area contributed by atoms with Gasteiger partial charge in [-0.25, -0.2) is 0 Å². The zero-order valence-corrected chi connectivity index (χ0v) is 16.7. The van der Waals surface area contributed by atoms with Crippen LogP contribution in [0.4, 0.5) is 0 Å². The van der Waals surface area contributed by atoms with E-state index >= 15 is 0 Å². The molecule has 0 aromatic heterocycles. The smallest absolute Gasteiger partial charge is 0.229 e. The number of ether oxygens (including phenoxy) is 1. The second-order valence-corrected chi connectivity index (χ2v) is 8.79. The number of benzene rings is 2. The van der Waals surface area contributed by atoms with E-state index in [0.29, 0.717) is 0 Å². The largest absolute Gasteiger partial charge is 0.448 e. The van der Waals surface area contributed by atoms with Gasteiger partial charge in [0, 0.05) is 28.2 Å². The molecule has 2 aromatic carbocycles. The van der Waals surface area contributed by atoms with Crippen molar-refractivity contribution in [3.63, 3.8) is 0 Å². The highest BCUT2D eigenvalue weighted by atomic mass is 16.5. The first-order valence-electron chi connectivity index (χ1n) is 9.75. The lowest BCUT2D eigenvalue weighted by molar-refractivity contribution is 0.0783. The molecule has 3 aliphatic rings. The van der Waals surface area contributed by atoms with Crippen molar-refractivity contribution in [2.24, 2.45) is 11.3 Å². The van der Waals surface area contributed by atoms with E-state index in [1.165, 1.54) is 0 Å². The van der Waals surface area contributed by atoms with E-state index in [2.05, 4.69) is 0 Å². The molecule has 30 heavy (non-hydrogen) atoms. The first-order chi connectivity index (χ1) is 14.2. The Balaban J connectivity index is 1.79. The first-order valence-corrected chi connectivity index (χ1v) is 9.75. The van der Waals surface area contributed by atoms with Gasteiger partial charge in [-0.2, -0.15) is 0 Å². The molecular weight excluding hydrogens is 380 g/mol. The summed E-state index contributed by atoms with van der Waals surface area (Å²) in [5.74, 6) is -2.60. The summed E-state index contributed by atoms with van der Waals surface area (Å²) in [7, 11) is 0. The molecule has 1 aliphatic heterocycles. The average Bonchev–Trinajstić information content (AvgIpc) is 2.73. The van der Waals surface area contributed by atoms with Crippen LogP contribution in [-0.2, 0) is 4.74 Å².